The van der Waals surface area contributed by atoms with Gasteiger partial charge in [0.25, 0.3) is 0 Å². The highest BCUT2D eigenvalue weighted by atomic mass is 16.5. The van der Waals surface area contributed by atoms with E-state index in [9.17, 15) is 0 Å². The Kier molecular flexibility index (Phi) is 3.98. The molecular formula is C18H27NO2. The largest absolute Gasteiger partial charge is 0.497 e. The molecule has 3 rings (SSSR count). The van der Waals surface area contributed by atoms with Gasteiger partial charge in [0.2, 0.25) is 0 Å². The van der Waals surface area contributed by atoms with Crippen molar-refractivity contribution in [1.82, 2.24) is 5.32 Å². The van der Waals surface area contributed by atoms with Crippen LogP contribution in [0.5, 0.6) is 5.75 Å². The Hall–Kier alpha value is -1.06. The standard InChI is InChI=1S/C18H27NO2/c1-18(2)16(11-17(18)21-4)19-15-7-5-6-12-8-9-13(20-3)10-14(12)15/h8-10,15-17,19H,5-7,11H2,1-4H3. The molecule has 3 heteroatoms. The number of hydrogen-bond donors (Lipinski definition) is 1. The summed E-state index contributed by atoms with van der Waals surface area (Å²) in [5.41, 5.74) is 3.11. The molecule has 0 radical (unpaired) electrons. The van der Waals surface area contributed by atoms with Crippen LogP contribution in [0.4, 0.5) is 0 Å². The summed E-state index contributed by atoms with van der Waals surface area (Å²) in [5.74, 6) is 0.963. The lowest BCUT2D eigenvalue weighted by Gasteiger charge is -2.53. The molecule has 0 heterocycles. The highest BCUT2D eigenvalue weighted by Crippen LogP contribution is 2.44. The minimum absolute atomic E-state index is 0.214. The predicted octanol–water partition coefficient (Wildman–Crippen LogP) is 3.48. The molecule has 0 amide bonds. The molecule has 3 unspecified atom stereocenters. The van der Waals surface area contributed by atoms with Gasteiger partial charge in [0, 0.05) is 24.6 Å². The number of hydrogen-bond acceptors (Lipinski definition) is 3. The number of fused-ring (bicyclic) bond motifs is 1. The summed E-state index contributed by atoms with van der Waals surface area (Å²) in [6.07, 6.45) is 5.15. The van der Waals surface area contributed by atoms with Crippen LogP contribution in [0, 0.1) is 5.41 Å². The van der Waals surface area contributed by atoms with Crippen molar-refractivity contribution < 1.29 is 9.47 Å². The molecule has 3 atom stereocenters. The van der Waals surface area contributed by atoms with Gasteiger partial charge >= 0.3 is 0 Å². The van der Waals surface area contributed by atoms with Crippen molar-refractivity contribution in [2.45, 2.75) is 57.7 Å². The number of nitrogens with one attached hydrogen (secondary N) is 1. The van der Waals surface area contributed by atoms with E-state index in [4.69, 9.17) is 9.47 Å². The molecule has 1 aromatic rings. The Labute approximate surface area is 128 Å². The van der Waals surface area contributed by atoms with Crippen molar-refractivity contribution in [3.05, 3.63) is 29.3 Å². The maximum Gasteiger partial charge on any atom is 0.119 e. The van der Waals surface area contributed by atoms with Gasteiger partial charge in [0.05, 0.1) is 13.2 Å². The average molecular weight is 289 g/mol. The van der Waals surface area contributed by atoms with E-state index in [0.29, 0.717) is 18.2 Å². The lowest BCUT2D eigenvalue weighted by Crippen LogP contribution is -2.61. The van der Waals surface area contributed by atoms with Crippen LogP contribution in [0.3, 0.4) is 0 Å². The van der Waals surface area contributed by atoms with Crippen molar-refractivity contribution in [1.29, 1.82) is 0 Å². The second-order valence-corrected chi connectivity index (χ2v) is 7.01. The first-order valence-electron chi connectivity index (χ1n) is 8.02. The minimum Gasteiger partial charge on any atom is -0.497 e. The molecule has 2 aliphatic rings. The zero-order chi connectivity index (χ0) is 15.0. The van der Waals surface area contributed by atoms with Gasteiger partial charge in [-0.2, -0.15) is 0 Å². The number of ether oxygens (including phenoxy) is 2. The van der Waals surface area contributed by atoms with Crippen LogP contribution in [0.15, 0.2) is 18.2 Å². The SMILES string of the molecule is COc1ccc2c(c1)C(NC1CC(OC)C1(C)C)CCC2. The van der Waals surface area contributed by atoms with Crippen molar-refractivity contribution in [2.75, 3.05) is 14.2 Å². The molecule has 1 N–H and O–H groups in total. The van der Waals surface area contributed by atoms with Gasteiger partial charge < -0.3 is 14.8 Å². The zero-order valence-corrected chi connectivity index (χ0v) is 13.6. The van der Waals surface area contributed by atoms with Crippen LogP contribution in [-0.2, 0) is 11.2 Å². The second kappa shape index (κ2) is 5.62. The van der Waals surface area contributed by atoms with Gasteiger partial charge in [-0.15, -0.1) is 0 Å². The van der Waals surface area contributed by atoms with Crippen LogP contribution in [0.1, 0.15) is 50.3 Å². The maximum atomic E-state index is 5.57. The summed E-state index contributed by atoms with van der Waals surface area (Å²) in [4.78, 5) is 0. The van der Waals surface area contributed by atoms with Crippen molar-refractivity contribution in [2.24, 2.45) is 5.41 Å². The Bertz CT molecular complexity index is 512. The van der Waals surface area contributed by atoms with E-state index in [-0.39, 0.29) is 5.41 Å². The molecule has 0 bridgehead atoms. The molecule has 0 spiro atoms. The van der Waals surface area contributed by atoms with E-state index in [1.165, 1.54) is 30.4 Å². The fourth-order valence-corrected chi connectivity index (χ4v) is 3.89. The molecular weight excluding hydrogens is 262 g/mol. The van der Waals surface area contributed by atoms with Crippen LogP contribution in [-0.4, -0.2) is 26.4 Å². The number of aryl methyl sites for hydroxylation is 1. The van der Waals surface area contributed by atoms with Gasteiger partial charge in [-0.3, -0.25) is 0 Å². The molecule has 21 heavy (non-hydrogen) atoms. The van der Waals surface area contributed by atoms with Crippen LogP contribution >= 0.6 is 0 Å². The first-order valence-corrected chi connectivity index (χ1v) is 8.02. The number of methoxy groups -OCH3 is 2. The molecule has 2 aliphatic carbocycles. The quantitative estimate of drug-likeness (QED) is 0.920. The van der Waals surface area contributed by atoms with E-state index in [0.717, 1.165) is 12.2 Å². The fraction of sp³-hybridized carbons (Fsp3) is 0.667. The number of benzene rings is 1. The smallest absolute Gasteiger partial charge is 0.119 e. The second-order valence-electron chi connectivity index (χ2n) is 7.01. The Morgan fingerprint density at radius 3 is 2.71 bits per heavy atom. The predicted molar refractivity (Wildman–Crippen MR) is 84.8 cm³/mol. The van der Waals surface area contributed by atoms with Crippen LogP contribution in [0.25, 0.3) is 0 Å². The fourth-order valence-electron chi connectivity index (χ4n) is 3.89. The summed E-state index contributed by atoms with van der Waals surface area (Å²) in [5, 5.41) is 3.88. The summed E-state index contributed by atoms with van der Waals surface area (Å²) in [6, 6.07) is 7.50. The summed E-state index contributed by atoms with van der Waals surface area (Å²) in [7, 11) is 3.56. The van der Waals surface area contributed by atoms with Crippen molar-refractivity contribution in [3.63, 3.8) is 0 Å². The van der Waals surface area contributed by atoms with E-state index >= 15 is 0 Å². The molecule has 1 fully saturated rings. The van der Waals surface area contributed by atoms with Gasteiger partial charge in [-0.05, 0) is 48.9 Å². The van der Waals surface area contributed by atoms with Crippen LogP contribution in [0.2, 0.25) is 0 Å². The number of rotatable bonds is 4. The topological polar surface area (TPSA) is 30.5 Å². The first-order chi connectivity index (χ1) is 10.1. The van der Waals surface area contributed by atoms with Gasteiger partial charge in [-0.1, -0.05) is 19.9 Å². The molecule has 3 nitrogen and oxygen atoms in total. The monoisotopic (exact) mass is 289 g/mol. The molecule has 1 saturated carbocycles. The average Bonchev–Trinajstić information content (AvgIpc) is 2.50. The third kappa shape index (κ3) is 2.58. The summed E-state index contributed by atoms with van der Waals surface area (Å²) >= 11 is 0. The van der Waals surface area contributed by atoms with Crippen molar-refractivity contribution in [3.8, 4) is 5.75 Å². The molecule has 0 aromatic heterocycles. The maximum absolute atomic E-state index is 5.57. The normalized spacial score (nSPS) is 30.4. The Morgan fingerprint density at radius 2 is 2.05 bits per heavy atom. The van der Waals surface area contributed by atoms with Gasteiger partial charge in [0.15, 0.2) is 0 Å². The molecule has 116 valence electrons. The summed E-state index contributed by atoms with van der Waals surface area (Å²) < 4.78 is 11.0. The Morgan fingerprint density at radius 1 is 1.24 bits per heavy atom. The molecule has 0 aliphatic heterocycles. The molecule has 1 aromatic carbocycles. The highest BCUT2D eigenvalue weighted by molar-refractivity contribution is 5.39. The van der Waals surface area contributed by atoms with E-state index in [1.807, 2.05) is 7.11 Å². The highest BCUT2D eigenvalue weighted by Gasteiger charge is 2.49. The van der Waals surface area contributed by atoms with E-state index in [1.54, 1.807) is 7.11 Å². The van der Waals surface area contributed by atoms with E-state index in [2.05, 4.69) is 37.4 Å². The Balaban J connectivity index is 1.77. The van der Waals surface area contributed by atoms with Crippen molar-refractivity contribution >= 4 is 0 Å². The zero-order valence-electron chi connectivity index (χ0n) is 13.6. The van der Waals surface area contributed by atoms with Gasteiger partial charge in [-0.25, -0.2) is 0 Å². The van der Waals surface area contributed by atoms with E-state index < -0.39 is 0 Å². The summed E-state index contributed by atoms with van der Waals surface area (Å²) in [6.45, 7) is 4.61. The minimum atomic E-state index is 0.214. The first kappa shape index (κ1) is 14.9. The van der Waals surface area contributed by atoms with Gasteiger partial charge in [0.1, 0.15) is 5.75 Å². The molecule has 0 saturated heterocycles. The lowest BCUT2D eigenvalue weighted by molar-refractivity contribution is -0.101. The van der Waals surface area contributed by atoms with Crippen LogP contribution < -0.4 is 10.1 Å². The third-order valence-corrected chi connectivity index (χ3v) is 5.53. The lowest BCUT2D eigenvalue weighted by atomic mass is 9.64. The third-order valence-electron chi connectivity index (χ3n) is 5.53.